The molecule has 1 aromatic carbocycles. The van der Waals surface area contributed by atoms with Gasteiger partial charge >= 0.3 is 5.97 Å². The zero-order chi connectivity index (χ0) is 10.7. The van der Waals surface area contributed by atoms with Crippen LogP contribution in [0.5, 0.6) is 0 Å². The van der Waals surface area contributed by atoms with Crippen LogP contribution in [0, 0.1) is 0 Å². The van der Waals surface area contributed by atoms with Gasteiger partial charge in [-0.15, -0.1) is 11.8 Å². The summed E-state index contributed by atoms with van der Waals surface area (Å²) in [6.07, 6.45) is 0. The number of hydrogen-bond acceptors (Lipinski definition) is 3. The van der Waals surface area contributed by atoms with Crippen LogP contribution in [0.15, 0.2) is 23.1 Å². The lowest BCUT2D eigenvalue weighted by Crippen LogP contribution is -2.03. The van der Waals surface area contributed by atoms with Gasteiger partial charge in [0.2, 0.25) is 0 Å². The second-order valence-corrected chi connectivity index (χ2v) is 4.81. The summed E-state index contributed by atoms with van der Waals surface area (Å²) in [5.74, 6) is -0.978. The van der Waals surface area contributed by atoms with Crippen LogP contribution in [0.25, 0.3) is 0 Å². The lowest BCUT2D eigenvalue weighted by atomic mass is 10.2. The van der Waals surface area contributed by atoms with E-state index >= 15 is 0 Å². The Balaban J connectivity index is 3.07. The van der Waals surface area contributed by atoms with Gasteiger partial charge in [-0.3, -0.25) is 0 Å². The molecule has 0 aromatic heterocycles. The number of carbonyl (C=O) groups is 1. The van der Waals surface area contributed by atoms with Crippen LogP contribution in [0.4, 0.5) is 5.69 Å². The van der Waals surface area contributed by atoms with E-state index in [4.69, 9.17) is 10.8 Å². The Bertz CT molecular complexity index is 350. The van der Waals surface area contributed by atoms with E-state index in [-0.39, 0.29) is 5.56 Å². The van der Waals surface area contributed by atoms with E-state index in [2.05, 4.69) is 0 Å². The van der Waals surface area contributed by atoms with E-state index in [1.807, 2.05) is 19.9 Å². The largest absolute Gasteiger partial charge is 0.478 e. The molecule has 1 aromatic rings. The first-order chi connectivity index (χ1) is 6.52. The molecule has 0 atom stereocenters. The summed E-state index contributed by atoms with van der Waals surface area (Å²) in [5, 5.41) is 9.23. The van der Waals surface area contributed by atoms with Crippen molar-refractivity contribution in [2.75, 3.05) is 5.73 Å². The minimum atomic E-state index is -0.978. The minimum absolute atomic E-state index is 0.177. The Hall–Kier alpha value is -1.16. The Morgan fingerprint density at radius 1 is 1.50 bits per heavy atom. The number of hydrogen-bond donors (Lipinski definition) is 2. The van der Waals surface area contributed by atoms with Gasteiger partial charge in [-0.05, 0) is 12.1 Å². The molecule has 0 aliphatic carbocycles. The molecular weight excluding hydrogens is 198 g/mol. The highest BCUT2D eigenvalue weighted by atomic mass is 32.2. The SMILES string of the molecule is CC(C)Sc1cccc(C(=O)O)c1N. The Labute approximate surface area is 87.3 Å². The number of para-hydroxylation sites is 1. The van der Waals surface area contributed by atoms with E-state index in [9.17, 15) is 4.79 Å². The standard InChI is InChI=1S/C10H13NO2S/c1-6(2)14-8-5-3-4-7(9(8)11)10(12)13/h3-6H,11H2,1-2H3,(H,12,13). The summed E-state index contributed by atoms with van der Waals surface area (Å²) < 4.78 is 0. The number of rotatable bonds is 3. The quantitative estimate of drug-likeness (QED) is 0.595. The fourth-order valence-corrected chi connectivity index (χ4v) is 1.99. The molecule has 4 heteroatoms. The summed E-state index contributed by atoms with van der Waals surface area (Å²) in [6.45, 7) is 4.08. The third-order valence-electron chi connectivity index (χ3n) is 1.66. The molecule has 3 N–H and O–H groups in total. The van der Waals surface area contributed by atoms with Crippen molar-refractivity contribution in [1.29, 1.82) is 0 Å². The monoisotopic (exact) mass is 211 g/mol. The predicted octanol–water partition coefficient (Wildman–Crippen LogP) is 2.47. The van der Waals surface area contributed by atoms with Gasteiger partial charge in [0.15, 0.2) is 0 Å². The lowest BCUT2D eigenvalue weighted by Gasteiger charge is -2.09. The maximum Gasteiger partial charge on any atom is 0.337 e. The first-order valence-corrected chi connectivity index (χ1v) is 5.18. The molecule has 76 valence electrons. The Morgan fingerprint density at radius 2 is 2.14 bits per heavy atom. The summed E-state index contributed by atoms with van der Waals surface area (Å²) in [5.41, 5.74) is 6.27. The average molecular weight is 211 g/mol. The number of benzene rings is 1. The molecule has 0 radical (unpaired) electrons. The Morgan fingerprint density at radius 3 is 2.64 bits per heavy atom. The van der Waals surface area contributed by atoms with E-state index in [0.29, 0.717) is 10.9 Å². The van der Waals surface area contributed by atoms with E-state index in [1.165, 1.54) is 6.07 Å². The van der Waals surface area contributed by atoms with Gasteiger partial charge < -0.3 is 10.8 Å². The van der Waals surface area contributed by atoms with E-state index < -0.39 is 5.97 Å². The molecule has 0 amide bonds. The smallest absolute Gasteiger partial charge is 0.337 e. The van der Waals surface area contributed by atoms with Crippen molar-refractivity contribution in [3.05, 3.63) is 23.8 Å². The van der Waals surface area contributed by atoms with Crippen molar-refractivity contribution in [2.45, 2.75) is 24.0 Å². The van der Waals surface area contributed by atoms with Gasteiger partial charge in [-0.1, -0.05) is 19.9 Å². The number of carboxylic acid groups (broad SMARTS) is 1. The number of carboxylic acids is 1. The van der Waals surface area contributed by atoms with E-state index in [0.717, 1.165) is 4.90 Å². The van der Waals surface area contributed by atoms with Crippen LogP contribution < -0.4 is 5.73 Å². The average Bonchev–Trinajstić information content (AvgIpc) is 2.07. The highest BCUT2D eigenvalue weighted by Gasteiger charge is 2.11. The predicted molar refractivity (Wildman–Crippen MR) is 58.8 cm³/mol. The molecule has 0 aliphatic heterocycles. The van der Waals surface area contributed by atoms with Gasteiger partial charge in [0.1, 0.15) is 0 Å². The summed E-state index contributed by atoms with van der Waals surface area (Å²) in [7, 11) is 0. The molecule has 0 aliphatic rings. The van der Waals surface area contributed by atoms with Gasteiger partial charge in [0, 0.05) is 10.1 Å². The number of aromatic carboxylic acids is 1. The topological polar surface area (TPSA) is 63.3 Å². The Kier molecular flexibility index (Phi) is 3.41. The number of nitrogens with two attached hydrogens (primary N) is 1. The molecule has 3 nitrogen and oxygen atoms in total. The van der Waals surface area contributed by atoms with Gasteiger partial charge in [-0.2, -0.15) is 0 Å². The minimum Gasteiger partial charge on any atom is -0.478 e. The summed E-state index contributed by atoms with van der Waals surface area (Å²) >= 11 is 1.57. The van der Waals surface area contributed by atoms with Crippen molar-refractivity contribution in [3.8, 4) is 0 Å². The van der Waals surface area contributed by atoms with Crippen molar-refractivity contribution in [2.24, 2.45) is 0 Å². The molecule has 0 bridgehead atoms. The zero-order valence-electron chi connectivity index (χ0n) is 8.15. The van der Waals surface area contributed by atoms with Crippen LogP contribution in [0.3, 0.4) is 0 Å². The normalized spacial score (nSPS) is 10.5. The van der Waals surface area contributed by atoms with Gasteiger partial charge in [0.05, 0.1) is 11.3 Å². The second-order valence-electron chi connectivity index (χ2n) is 3.19. The molecule has 14 heavy (non-hydrogen) atoms. The zero-order valence-corrected chi connectivity index (χ0v) is 8.97. The third kappa shape index (κ3) is 2.42. The van der Waals surface area contributed by atoms with E-state index in [1.54, 1.807) is 17.8 Å². The summed E-state index contributed by atoms with van der Waals surface area (Å²) in [6, 6.07) is 5.07. The van der Waals surface area contributed by atoms with Crippen molar-refractivity contribution in [1.82, 2.24) is 0 Å². The highest BCUT2D eigenvalue weighted by molar-refractivity contribution is 8.00. The van der Waals surface area contributed by atoms with Crippen molar-refractivity contribution < 1.29 is 9.90 Å². The lowest BCUT2D eigenvalue weighted by molar-refractivity contribution is 0.0698. The molecule has 0 spiro atoms. The number of anilines is 1. The maximum atomic E-state index is 10.8. The van der Waals surface area contributed by atoms with Gasteiger partial charge in [0.25, 0.3) is 0 Å². The highest BCUT2D eigenvalue weighted by Crippen LogP contribution is 2.30. The van der Waals surface area contributed by atoms with Crippen molar-refractivity contribution in [3.63, 3.8) is 0 Å². The molecule has 0 fully saturated rings. The van der Waals surface area contributed by atoms with Crippen LogP contribution in [0.2, 0.25) is 0 Å². The van der Waals surface area contributed by atoms with Crippen LogP contribution in [-0.2, 0) is 0 Å². The van der Waals surface area contributed by atoms with Crippen LogP contribution in [0.1, 0.15) is 24.2 Å². The molecule has 1 rings (SSSR count). The second kappa shape index (κ2) is 4.37. The third-order valence-corrected chi connectivity index (χ3v) is 2.74. The van der Waals surface area contributed by atoms with Crippen molar-refractivity contribution >= 4 is 23.4 Å². The molecular formula is C10H13NO2S. The number of nitrogen functional groups attached to an aromatic ring is 1. The first kappa shape index (κ1) is 10.9. The van der Waals surface area contributed by atoms with Crippen LogP contribution >= 0.6 is 11.8 Å². The molecule has 0 unspecified atom stereocenters. The maximum absolute atomic E-state index is 10.8. The molecule has 0 heterocycles. The fraction of sp³-hybridized carbons (Fsp3) is 0.300. The van der Waals surface area contributed by atoms with Gasteiger partial charge in [-0.25, -0.2) is 4.79 Å². The molecule has 0 saturated carbocycles. The fourth-order valence-electron chi connectivity index (χ4n) is 1.09. The number of thioether (sulfide) groups is 1. The molecule has 0 saturated heterocycles. The first-order valence-electron chi connectivity index (χ1n) is 4.30. The van der Waals surface area contributed by atoms with Crippen LogP contribution in [-0.4, -0.2) is 16.3 Å². The summed E-state index contributed by atoms with van der Waals surface area (Å²) in [4.78, 5) is 11.6.